The second-order valence-electron chi connectivity index (χ2n) is 6.51. The molecule has 1 aliphatic heterocycles. The largest absolute Gasteiger partial charge is 0.308 e. The summed E-state index contributed by atoms with van der Waals surface area (Å²) in [5, 5.41) is 2.11. The molecule has 0 saturated carbocycles. The maximum Gasteiger partial charge on any atom is 0.183 e. The Balaban J connectivity index is 1.84. The van der Waals surface area contributed by atoms with Crippen LogP contribution in [0, 0.1) is 0 Å². The number of nitrogens with one attached hydrogen (secondary N) is 1. The Kier molecular flexibility index (Phi) is 5.45. The van der Waals surface area contributed by atoms with Gasteiger partial charge in [0.15, 0.2) is 19.7 Å². The molecule has 0 radical (unpaired) electrons. The van der Waals surface area contributed by atoms with Crippen LogP contribution in [0.25, 0.3) is 0 Å². The van der Waals surface area contributed by atoms with E-state index < -0.39 is 31.0 Å². The topological polar surface area (TPSA) is 93.2 Å². The summed E-state index contributed by atoms with van der Waals surface area (Å²) in [7, 11) is -7.16. The number of pyridine rings is 1. The van der Waals surface area contributed by atoms with Crippen molar-refractivity contribution in [2.45, 2.75) is 36.1 Å². The van der Waals surface area contributed by atoms with E-state index >= 15 is 0 Å². The quantitative estimate of drug-likeness (QED) is 0.795. The highest BCUT2D eigenvalue weighted by Gasteiger charge is 2.45. The van der Waals surface area contributed by atoms with E-state index in [4.69, 9.17) is 0 Å². The predicted octanol–water partition coefficient (Wildman–Crippen LogP) is 1.37. The summed E-state index contributed by atoms with van der Waals surface area (Å²) in [6, 6.07) is 9.68. The minimum absolute atomic E-state index is 0.171. The van der Waals surface area contributed by atoms with Crippen LogP contribution in [0.15, 0.2) is 53.7 Å². The molecule has 2 atom stereocenters. The minimum atomic E-state index is -3.75. The molecule has 0 aliphatic carbocycles. The summed E-state index contributed by atoms with van der Waals surface area (Å²) in [4.78, 5) is 4.18. The third kappa shape index (κ3) is 4.13. The van der Waals surface area contributed by atoms with Crippen molar-refractivity contribution >= 4 is 19.7 Å². The highest BCUT2D eigenvalue weighted by Crippen LogP contribution is 2.26. The van der Waals surface area contributed by atoms with E-state index in [1.807, 2.05) is 13.0 Å². The molecule has 26 heavy (non-hydrogen) atoms. The molecule has 6 nitrogen and oxygen atoms in total. The number of aromatic nitrogens is 1. The number of benzene rings is 1. The van der Waals surface area contributed by atoms with Crippen LogP contribution < -0.4 is 5.32 Å². The van der Waals surface area contributed by atoms with Crippen LogP contribution in [-0.4, -0.2) is 44.6 Å². The molecule has 2 aromatic rings. The van der Waals surface area contributed by atoms with Gasteiger partial charge in [0, 0.05) is 25.0 Å². The Morgan fingerprint density at radius 1 is 1.12 bits per heavy atom. The summed E-state index contributed by atoms with van der Waals surface area (Å²) in [5.41, 5.74) is 1.91. The fourth-order valence-electron chi connectivity index (χ4n) is 3.15. The lowest BCUT2D eigenvalue weighted by Gasteiger charge is -2.20. The van der Waals surface area contributed by atoms with Crippen LogP contribution in [0.1, 0.15) is 18.1 Å². The molecule has 2 unspecified atom stereocenters. The lowest BCUT2D eigenvalue weighted by atomic mass is 10.2. The van der Waals surface area contributed by atoms with Crippen molar-refractivity contribution < 1.29 is 16.8 Å². The number of rotatable bonds is 6. The molecule has 2 heterocycles. The zero-order chi connectivity index (χ0) is 18.8. The third-order valence-corrected chi connectivity index (χ3v) is 8.82. The molecule has 1 aromatic carbocycles. The molecule has 1 fully saturated rings. The van der Waals surface area contributed by atoms with Gasteiger partial charge in [-0.25, -0.2) is 16.8 Å². The Hall–Kier alpha value is -1.77. The van der Waals surface area contributed by atoms with Gasteiger partial charge in [-0.2, -0.15) is 0 Å². The van der Waals surface area contributed by atoms with E-state index in [9.17, 15) is 16.8 Å². The Bertz CT molecular complexity index is 956. The average Bonchev–Trinajstić information content (AvgIpc) is 2.96. The highest BCUT2D eigenvalue weighted by atomic mass is 32.2. The maximum atomic E-state index is 13.0. The van der Waals surface area contributed by atoms with E-state index in [1.54, 1.807) is 42.7 Å². The summed E-state index contributed by atoms with van der Waals surface area (Å²) in [5.74, 6) is -0.528. The van der Waals surface area contributed by atoms with Gasteiger partial charge >= 0.3 is 0 Å². The SMILES string of the molecule is CCc1ccc(S(=O)(=O)C2CS(=O)(=O)CC2NCc2cccnc2)cc1. The van der Waals surface area contributed by atoms with E-state index in [-0.39, 0.29) is 16.4 Å². The van der Waals surface area contributed by atoms with Crippen LogP contribution in [0.3, 0.4) is 0 Å². The van der Waals surface area contributed by atoms with Crippen LogP contribution >= 0.6 is 0 Å². The zero-order valence-electron chi connectivity index (χ0n) is 14.5. The first-order valence-corrected chi connectivity index (χ1v) is 11.8. The maximum absolute atomic E-state index is 13.0. The van der Waals surface area contributed by atoms with Gasteiger partial charge in [0.1, 0.15) is 0 Å². The summed E-state index contributed by atoms with van der Waals surface area (Å²) < 4.78 is 50.3. The number of aryl methyl sites for hydroxylation is 1. The summed E-state index contributed by atoms with van der Waals surface area (Å²) >= 11 is 0. The second kappa shape index (κ2) is 7.46. The molecule has 1 N–H and O–H groups in total. The average molecular weight is 395 g/mol. The molecule has 1 aliphatic rings. The molecule has 1 saturated heterocycles. The van der Waals surface area contributed by atoms with Crippen molar-refractivity contribution in [1.82, 2.24) is 10.3 Å². The first kappa shape index (κ1) is 19.0. The van der Waals surface area contributed by atoms with Gasteiger partial charge in [0.05, 0.1) is 21.7 Å². The van der Waals surface area contributed by atoms with Gasteiger partial charge in [0.2, 0.25) is 0 Å². The van der Waals surface area contributed by atoms with Crippen LogP contribution in [0.4, 0.5) is 0 Å². The first-order valence-electron chi connectivity index (χ1n) is 8.47. The fraction of sp³-hybridized carbons (Fsp3) is 0.389. The van der Waals surface area contributed by atoms with Gasteiger partial charge in [-0.15, -0.1) is 0 Å². The second-order valence-corrected chi connectivity index (χ2v) is 10.8. The van der Waals surface area contributed by atoms with E-state index in [0.717, 1.165) is 17.5 Å². The Labute approximate surface area is 154 Å². The van der Waals surface area contributed by atoms with Crippen molar-refractivity contribution in [3.05, 3.63) is 59.9 Å². The summed E-state index contributed by atoms with van der Waals surface area (Å²) in [6.07, 6.45) is 4.13. The molecular weight excluding hydrogens is 372 g/mol. The van der Waals surface area contributed by atoms with Crippen LogP contribution in [-0.2, 0) is 32.6 Å². The first-order chi connectivity index (χ1) is 12.3. The van der Waals surface area contributed by atoms with Gasteiger partial charge in [-0.3, -0.25) is 4.98 Å². The molecule has 1 aromatic heterocycles. The monoisotopic (exact) mass is 394 g/mol. The molecule has 0 amide bonds. The molecule has 0 spiro atoms. The van der Waals surface area contributed by atoms with Gasteiger partial charge in [-0.1, -0.05) is 25.1 Å². The highest BCUT2D eigenvalue weighted by molar-refractivity contribution is 7.96. The molecule has 3 rings (SSSR count). The Morgan fingerprint density at radius 2 is 1.85 bits per heavy atom. The van der Waals surface area contributed by atoms with Gasteiger partial charge < -0.3 is 5.32 Å². The van der Waals surface area contributed by atoms with Crippen LogP contribution in [0.5, 0.6) is 0 Å². The molecule has 8 heteroatoms. The molecular formula is C18H22N2O4S2. The van der Waals surface area contributed by atoms with E-state index in [2.05, 4.69) is 10.3 Å². The minimum Gasteiger partial charge on any atom is -0.308 e. The van der Waals surface area contributed by atoms with Crippen molar-refractivity contribution in [2.75, 3.05) is 11.5 Å². The summed E-state index contributed by atoms with van der Waals surface area (Å²) in [6.45, 7) is 2.36. The number of sulfone groups is 2. The van der Waals surface area contributed by atoms with Crippen molar-refractivity contribution in [3.63, 3.8) is 0 Å². The van der Waals surface area contributed by atoms with Crippen LogP contribution in [0.2, 0.25) is 0 Å². The number of hydrogen-bond acceptors (Lipinski definition) is 6. The Morgan fingerprint density at radius 3 is 2.46 bits per heavy atom. The van der Waals surface area contributed by atoms with E-state index in [1.165, 1.54) is 0 Å². The van der Waals surface area contributed by atoms with Crippen molar-refractivity contribution in [1.29, 1.82) is 0 Å². The molecule has 0 bridgehead atoms. The lowest BCUT2D eigenvalue weighted by molar-refractivity contribution is 0.525. The standard InChI is InChI=1S/C18H22N2O4S2/c1-2-14-5-7-16(8-6-14)26(23,24)18-13-25(21,22)12-17(18)20-11-15-4-3-9-19-10-15/h3-10,17-18,20H,2,11-13H2,1H3. The predicted molar refractivity (Wildman–Crippen MR) is 100 cm³/mol. The van der Waals surface area contributed by atoms with Gasteiger partial charge in [-0.05, 0) is 35.7 Å². The molecule has 140 valence electrons. The third-order valence-electron chi connectivity index (χ3n) is 4.65. The van der Waals surface area contributed by atoms with Crippen molar-refractivity contribution in [3.8, 4) is 0 Å². The normalized spacial score (nSPS) is 22.3. The van der Waals surface area contributed by atoms with E-state index in [0.29, 0.717) is 6.54 Å². The lowest BCUT2D eigenvalue weighted by Crippen LogP contribution is -2.43. The number of nitrogens with zero attached hydrogens (tertiary/aromatic N) is 1. The smallest absolute Gasteiger partial charge is 0.183 e. The van der Waals surface area contributed by atoms with Crippen molar-refractivity contribution in [2.24, 2.45) is 0 Å². The number of hydrogen-bond donors (Lipinski definition) is 1. The fourth-order valence-corrected chi connectivity index (χ4v) is 7.87. The zero-order valence-corrected chi connectivity index (χ0v) is 16.1. The van der Waals surface area contributed by atoms with Gasteiger partial charge in [0.25, 0.3) is 0 Å².